The van der Waals surface area contributed by atoms with Gasteiger partial charge in [0.05, 0.1) is 10.0 Å². The van der Waals surface area contributed by atoms with E-state index in [9.17, 15) is 4.79 Å². The van der Waals surface area contributed by atoms with Crippen LogP contribution in [-0.2, 0) is 11.3 Å². The van der Waals surface area contributed by atoms with E-state index in [0.717, 1.165) is 0 Å². The van der Waals surface area contributed by atoms with E-state index in [-0.39, 0.29) is 12.3 Å². The summed E-state index contributed by atoms with van der Waals surface area (Å²) >= 11 is 18.1. The zero-order chi connectivity index (χ0) is 13.9. The molecule has 1 amide bonds. The van der Waals surface area contributed by atoms with Gasteiger partial charge in [0.15, 0.2) is 0 Å². The predicted octanol–water partition coefficient (Wildman–Crippen LogP) is 3.39. The first kappa shape index (κ1) is 15.6. The van der Waals surface area contributed by atoms with Gasteiger partial charge in [-0.15, -0.1) is 0 Å². The monoisotopic (exact) mass is 308 g/mol. The van der Waals surface area contributed by atoms with Gasteiger partial charge >= 0.3 is 0 Å². The van der Waals surface area contributed by atoms with Gasteiger partial charge in [0.2, 0.25) is 5.91 Å². The number of hydrogen-bond donors (Lipinski definition) is 2. The molecule has 3 nitrogen and oxygen atoms in total. The quantitative estimate of drug-likeness (QED) is 0.819. The van der Waals surface area contributed by atoms with Gasteiger partial charge in [-0.3, -0.25) is 4.79 Å². The van der Waals surface area contributed by atoms with Crippen LogP contribution in [0, 0.1) is 0 Å². The van der Waals surface area contributed by atoms with E-state index in [0.29, 0.717) is 27.2 Å². The summed E-state index contributed by atoms with van der Waals surface area (Å²) in [7, 11) is 0. The molecule has 6 heteroatoms. The van der Waals surface area contributed by atoms with Crippen LogP contribution in [0.5, 0.6) is 0 Å². The Morgan fingerprint density at radius 3 is 2.39 bits per heavy atom. The number of hydrogen-bond acceptors (Lipinski definition) is 2. The summed E-state index contributed by atoms with van der Waals surface area (Å²) in [5.74, 6) is -0.365. The second-order valence-corrected chi connectivity index (χ2v) is 5.89. The lowest BCUT2D eigenvalue weighted by atomic mass is 10.00. The van der Waals surface area contributed by atoms with Crippen LogP contribution in [0.1, 0.15) is 25.8 Å². The van der Waals surface area contributed by atoms with Crippen molar-refractivity contribution in [3.63, 3.8) is 0 Å². The van der Waals surface area contributed by atoms with Crippen LogP contribution in [0.4, 0.5) is 0 Å². The maximum absolute atomic E-state index is 10.9. The van der Waals surface area contributed by atoms with E-state index >= 15 is 0 Å². The summed E-state index contributed by atoms with van der Waals surface area (Å²) in [4.78, 5) is 10.9. The lowest BCUT2D eigenvalue weighted by molar-refractivity contribution is -0.119. The van der Waals surface area contributed by atoms with Gasteiger partial charge in [0.25, 0.3) is 0 Å². The molecule has 3 N–H and O–H groups in total. The third-order valence-corrected chi connectivity index (χ3v) is 3.70. The normalized spacial score (nSPS) is 11.6. The summed E-state index contributed by atoms with van der Waals surface area (Å²) in [5, 5.41) is 4.59. The van der Waals surface area contributed by atoms with Gasteiger partial charge in [-0.2, -0.15) is 0 Å². The lowest BCUT2D eigenvalue weighted by Crippen LogP contribution is -2.42. The predicted molar refractivity (Wildman–Crippen MR) is 76.2 cm³/mol. The summed E-state index contributed by atoms with van der Waals surface area (Å²) in [6.45, 7) is 4.17. The molecule has 0 bridgehead atoms. The minimum absolute atomic E-state index is 0.225. The van der Waals surface area contributed by atoms with Gasteiger partial charge in [-0.1, -0.05) is 34.8 Å². The first-order valence-corrected chi connectivity index (χ1v) is 6.52. The molecule has 0 aromatic heterocycles. The Morgan fingerprint density at radius 1 is 1.28 bits per heavy atom. The van der Waals surface area contributed by atoms with E-state index < -0.39 is 5.54 Å². The number of amides is 1. The molecule has 0 heterocycles. The zero-order valence-electron chi connectivity index (χ0n) is 10.2. The van der Waals surface area contributed by atoms with Gasteiger partial charge in [0, 0.05) is 29.1 Å². The number of carbonyl (C=O) groups excluding carboxylic acids is 1. The Kier molecular flexibility index (Phi) is 5.29. The third-order valence-electron chi connectivity index (χ3n) is 2.50. The summed E-state index contributed by atoms with van der Waals surface area (Å²) in [6, 6.07) is 3.33. The van der Waals surface area contributed by atoms with Crippen molar-refractivity contribution in [1.29, 1.82) is 0 Å². The molecule has 100 valence electrons. The topological polar surface area (TPSA) is 55.1 Å². The number of primary amides is 1. The number of benzene rings is 1. The van der Waals surface area contributed by atoms with Crippen LogP contribution >= 0.6 is 34.8 Å². The standard InChI is InChI=1S/C12H15Cl3N2O/c1-12(2,5-10(16)18)17-6-7-8(13)3-4-9(14)11(7)15/h3-4,17H,5-6H2,1-2H3,(H2,16,18). The fraction of sp³-hybridized carbons (Fsp3) is 0.417. The second kappa shape index (κ2) is 6.11. The molecular formula is C12H15Cl3N2O. The molecular weight excluding hydrogens is 295 g/mol. The van der Waals surface area contributed by atoms with E-state index in [4.69, 9.17) is 40.5 Å². The number of rotatable bonds is 5. The van der Waals surface area contributed by atoms with Gasteiger partial charge in [-0.05, 0) is 26.0 Å². The molecule has 18 heavy (non-hydrogen) atoms. The molecule has 0 radical (unpaired) electrons. The average molecular weight is 310 g/mol. The van der Waals surface area contributed by atoms with Crippen molar-refractivity contribution in [2.75, 3.05) is 0 Å². The smallest absolute Gasteiger partial charge is 0.219 e. The van der Waals surface area contributed by atoms with Gasteiger partial charge in [-0.25, -0.2) is 0 Å². The van der Waals surface area contributed by atoms with E-state index in [1.807, 2.05) is 13.8 Å². The van der Waals surface area contributed by atoms with Crippen LogP contribution in [0.3, 0.4) is 0 Å². The average Bonchev–Trinajstić information content (AvgIpc) is 2.22. The fourth-order valence-electron chi connectivity index (χ4n) is 1.56. The van der Waals surface area contributed by atoms with Crippen molar-refractivity contribution in [1.82, 2.24) is 5.32 Å². The van der Waals surface area contributed by atoms with Crippen LogP contribution in [0.25, 0.3) is 0 Å². The molecule has 1 aromatic rings. The third kappa shape index (κ3) is 4.32. The Morgan fingerprint density at radius 2 is 1.83 bits per heavy atom. The van der Waals surface area contributed by atoms with Gasteiger partial charge < -0.3 is 11.1 Å². The largest absolute Gasteiger partial charge is 0.370 e. The van der Waals surface area contributed by atoms with Crippen molar-refractivity contribution < 1.29 is 4.79 Å². The van der Waals surface area contributed by atoms with Crippen LogP contribution in [-0.4, -0.2) is 11.4 Å². The summed E-state index contributed by atoms with van der Waals surface area (Å²) < 4.78 is 0. The first-order valence-electron chi connectivity index (χ1n) is 5.38. The molecule has 0 aliphatic rings. The highest BCUT2D eigenvalue weighted by atomic mass is 35.5. The van der Waals surface area contributed by atoms with Crippen LogP contribution in [0.2, 0.25) is 15.1 Å². The Bertz CT molecular complexity index is 461. The van der Waals surface area contributed by atoms with Crippen LogP contribution in [0.15, 0.2) is 12.1 Å². The van der Waals surface area contributed by atoms with E-state index in [1.54, 1.807) is 12.1 Å². The van der Waals surface area contributed by atoms with E-state index in [2.05, 4.69) is 5.32 Å². The number of nitrogens with two attached hydrogens (primary N) is 1. The zero-order valence-corrected chi connectivity index (χ0v) is 12.5. The molecule has 0 unspecified atom stereocenters. The molecule has 0 spiro atoms. The second-order valence-electron chi connectivity index (χ2n) is 4.70. The van der Waals surface area contributed by atoms with Crippen molar-refractivity contribution in [2.45, 2.75) is 32.4 Å². The van der Waals surface area contributed by atoms with Crippen molar-refractivity contribution in [3.05, 3.63) is 32.8 Å². The maximum Gasteiger partial charge on any atom is 0.219 e. The molecule has 0 fully saturated rings. The Labute approximate surface area is 122 Å². The highest BCUT2D eigenvalue weighted by Gasteiger charge is 2.21. The fourth-order valence-corrected chi connectivity index (χ4v) is 2.24. The molecule has 1 aromatic carbocycles. The summed E-state index contributed by atoms with van der Waals surface area (Å²) in [6.07, 6.45) is 0.225. The van der Waals surface area contributed by atoms with Crippen molar-refractivity contribution in [3.8, 4) is 0 Å². The molecule has 0 aliphatic carbocycles. The van der Waals surface area contributed by atoms with Crippen molar-refractivity contribution in [2.24, 2.45) is 5.73 Å². The lowest BCUT2D eigenvalue weighted by Gasteiger charge is -2.25. The minimum Gasteiger partial charge on any atom is -0.370 e. The Balaban J connectivity index is 2.81. The number of halogens is 3. The number of nitrogens with one attached hydrogen (secondary N) is 1. The molecule has 0 saturated heterocycles. The number of carbonyl (C=O) groups is 1. The Hall–Kier alpha value is -0.480. The van der Waals surface area contributed by atoms with Crippen molar-refractivity contribution >= 4 is 40.7 Å². The highest BCUT2D eigenvalue weighted by Crippen LogP contribution is 2.31. The van der Waals surface area contributed by atoms with E-state index in [1.165, 1.54) is 0 Å². The maximum atomic E-state index is 10.9. The summed E-state index contributed by atoms with van der Waals surface area (Å²) in [5.41, 5.74) is 5.46. The molecule has 0 saturated carbocycles. The molecule has 0 aliphatic heterocycles. The SMILES string of the molecule is CC(C)(CC(N)=O)NCc1c(Cl)ccc(Cl)c1Cl. The first-order chi connectivity index (χ1) is 8.23. The molecule has 0 atom stereocenters. The van der Waals surface area contributed by atoms with Gasteiger partial charge in [0.1, 0.15) is 0 Å². The minimum atomic E-state index is -0.430. The van der Waals surface area contributed by atoms with Crippen LogP contribution < -0.4 is 11.1 Å². The highest BCUT2D eigenvalue weighted by molar-refractivity contribution is 6.44. The molecule has 1 rings (SSSR count).